The van der Waals surface area contributed by atoms with Gasteiger partial charge in [-0.3, -0.25) is 5.41 Å². The van der Waals surface area contributed by atoms with Gasteiger partial charge in [-0.05, 0) is 43.4 Å². The summed E-state index contributed by atoms with van der Waals surface area (Å²) in [4.78, 5) is 14.5. The lowest BCUT2D eigenvalue weighted by Gasteiger charge is -2.34. The zero-order valence-electron chi connectivity index (χ0n) is 16.7. The molecule has 1 saturated heterocycles. The molecular weight excluding hydrogens is 444 g/mol. The van der Waals surface area contributed by atoms with Crippen molar-refractivity contribution in [3.05, 3.63) is 58.5 Å². The minimum absolute atomic E-state index is 0.151. The number of anilines is 2. The van der Waals surface area contributed by atoms with Crippen molar-refractivity contribution >= 4 is 49.7 Å². The molecule has 1 aromatic heterocycles. The molecule has 0 aliphatic carbocycles. The number of nitrogens with zero attached hydrogens (tertiary/aromatic N) is 4. The largest absolute Gasteiger partial charge is 0.509 e. The summed E-state index contributed by atoms with van der Waals surface area (Å²) in [5, 5.41) is 19.3. The molecule has 2 aliphatic heterocycles. The van der Waals surface area contributed by atoms with Gasteiger partial charge in [0, 0.05) is 42.0 Å². The molecule has 0 unspecified atom stereocenters. The summed E-state index contributed by atoms with van der Waals surface area (Å²) in [6, 6.07) is 13.9. The fourth-order valence-electron chi connectivity index (χ4n) is 4.07. The second kappa shape index (κ2) is 7.45. The first-order valence-electron chi connectivity index (χ1n) is 9.97. The van der Waals surface area contributed by atoms with Crippen LogP contribution >= 0.6 is 15.9 Å². The fraction of sp³-hybridized carbons (Fsp3) is 0.273. The quantitative estimate of drug-likeness (QED) is 0.546. The Labute approximate surface area is 183 Å². The number of halogens is 1. The van der Waals surface area contributed by atoms with E-state index >= 15 is 0 Å². The van der Waals surface area contributed by atoms with Gasteiger partial charge in [0.05, 0.1) is 23.2 Å². The van der Waals surface area contributed by atoms with E-state index in [9.17, 15) is 5.11 Å². The minimum Gasteiger partial charge on any atom is -0.509 e. The van der Waals surface area contributed by atoms with Crippen LogP contribution in [0.4, 0.5) is 11.4 Å². The number of aliphatic hydroxyl groups excluding tert-OH is 1. The summed E-state index contributed by atoms with van der Waals surface area (Å²) in [6.45, 7) is 4.36. The number of benzene rings is 2. The molecule has 0 atom stereocenters. The number of nitrogens with one attached hydrogen (secondary N) is 2. The molecule has 2 aliphatic rings. The van der Waals surface area contributed by atoms with Crippen LogP contribution in [-0.2, 0) is 0 Å². The van der Waals surface area contributed by atoms with Gasteiger partial charge in [0.25, 0.3) is 0 Å². The highest BCUT2D eigenvalue weighted by molar-refractivity contribution is 9.10. The Balaban J connectivity index is 1.44. The average molecular weight is 467 g/mol. The van der Waals surface area contributed by atoms with Crippen LogP contribution in [0.1, 0.15) is 5.82 Å². The lowest BCUT2D eigenvalue weighted by molar-refractivity contribution is 0.313. The molecule has 3 heterocycles. The number of fused-ring (bicyclic) bond motifs is 1. The standard InChI is InChI=1S/C22H23BrN6O/c1-27-7-9-28(10-8-27)15-5-6-17-18(12-15)26-22(25-17)20-19(30)13-29(21(20)24)16-4-2-3-14(23)11-16/h2-6,11-12,24,30H,7-10,13H2,1H3,(H,25,26). The predicted molar refractivity (Wildman–Crippen MR) is 125 cm³/mol. The lowest BCUT2D eigenvalue weighted by Crippen LogP contribution is -2.44. The molecule has 1 fully saturated rings. The maximum Gasteiger partial charge on any atom is 0.145 e. The molecule has 3 N–H and O–H groups in total. The lowest BCUT2D eigenvalue weighted by atomic mass is 10.2. The molecule has 0 bridgehead atoms. The van der Waals surface area contributed by atoms with E-state index in [4.69, 9.17) is 5.41 Å². The number of likely N-dealkylation sites (N-methyl/N-ethyl adjacent to an activating group) is 1. The molecule has 0 radical (unpaired) electrons. The van der Waals surface area contributed by atoms with E-state index in [-0.39, 0.29) is 18.1 Å². The van der Waals surface area contributed by atoms with Crippen LogP contribution in [0.3, 0.4) is 0 Å². The molecule has 154 valence electrons. The smallest absolute Gasteiger partial charge is 0.145 e. The van der Waals surface area contributed by atoms with Gasteiger partial charge in [-0.25, -0.2) is 4.98 Å². The van der Waals surface area contributed by atoms with E-state index in [0.717, 1.165) is 47.4 Å². The van der Waals surface area contributed by atoms with Crippen molar-refractivity contribution in [2.24, 2.45) is 0 Å². The molecule has 30 heavy (non-hydrogen) atoms. The summed E-state index contributed by atoms with van der Waals surface area (Å²) in [5.74, 6) is 0.919. The molecule has 7 nitrogen and oxygen atoms in total. The number of rotatable bonds is 3. The number of aromatic amines is 1. The zero-order chi connectivity index (χ0) is 20.8. The van der Waals surface area contributed by atoms with Crippen LogP contribution in [0.25, 0.3) is 16.6 Å². The third-order valence-corrected chi connectivity index (χ3v) is 6.29. The van der Waals surface area contributed by atoms with Gasteiger partial charge in [-0.15, -0.1) is 0 Å². The Morgan fingerprint density at radius 2 is 1.87 bits per heavy atom. The number of piperazine rings is 1. The third-order valence-electron chi connectivity index (χ3n) is 5.79. The van der Waals surface area contributed by atoms with Gasteiger partial charge in [-0.1, -0.05) is 22.0 Å². The monoisotopic (exact) mass is 466 g/mol. The number of amidine groups is 1. The summed E-state index contributed by atoms with van der Waals surface area (Å²) >= 11 is 3.47. The maximum atomic E-state index is 10.6. The van der Waals surface area contributed by atoms with Gasteiger partial charge in [0.1, 0.15) is 17.4 Å². The first kappa shape index (κ1) is 19.1. The van der Waals surface area contributed by atoms with Gasteiger partial charge in [-0.2, -0.15) is 0 Å². The Morgan fingerprint density at radius 3 is 2.63 bits per heavy atom. The third kappa shape index (κ3) is 3.36. The highest BCUT2D eigenvalue weighted by atomic mass is 79.9. The number of hydrogen-bond donors (Lipinski definition) is 3. The minimum atomic E-state index is 0.151. The summed E-state index contributed by atoms with van der Waals surface area (Å²) in [5.41, 5.74) is 4.21. The van der Waals surface area contributed by atoms with Crippen LogP contribution in [-0.4, -0.2) is 65.6 Å². The zero-order valence-corrected chi connectivity index (χ0v) is 18.3. The van der Waals surface area contributed by atoms with Crippen LogP contribution in [0.15, 0.2) is 52.7 Å². The molecular formula is C22H23BrN6O. The summed E-state index contributed by atoms with van der Waals surface area (Å²) < 4.78 is 0.931. The van der Waals surface area contributed by atoms with E-state index in [2.05, 4.69) is 54.9 Å². The first-order chi connectivity index (χ1) is 14.5. The second-order valence-electron chi connectivity index (χ2n) is 7.81. The van der Waals surface area contributed by atoms with Crippen LogP contribution in [0.5, 0.6) is 0 Å². The number of aliphatic hydroxyl groups is 1. The predicted octanol–water partition coefficient (Wildman–Crippen LogP) is 3.84. The normalized spacial score (nSPS) is 18.1. The van der Waals surface area contributed by atoms with Gasteiger partial charge in [0.2, 0.25) is 0 Å². The van der Waals surface area contributed by atoms with Crippen molar-refractivity contribution in [2.75, 3.05) is 49.6 Å². The van der Waals surface area contributed by atoms with Crippen molar-refractivity contribution in [3.8, 4) is 0 Å². The van der Waals surface area contributed by atoms with Crippen molar-refractivity contribution in [1.29, 1.82) is 5.41 Å². The van der Waals surface area contributed by atoms with Crippen molar-refractivity contribution in [3.63, 3.8) is 0 Å². The Hall–Kier alpha value is -2.84. The van der Waals surface area contributed by atoms with E-state index in [1.165, 1.54) is 5.69 Å². The second-order valence-corrected chi connectivity index (χ2v) is 8.73. The fourth-order valence-corrected chi connectivity index (χ4v) is 4.46. The Bertz CT molecular complexity index is 1160. The number of H-pyrrole nitrogens is 1. The Morgan fingerprint density at radius 1 is 1.07 bits per heavy atom. The average Bonchev–Trinajstić information content (AvgIpc) is 3.27. The highest BCUT2D eigenvalue weighted by Gasteiger charge is 2.31. The van der Waals surface area contributed by atoms with Gasteiger partial charge < -0.3 is 24.8 Å². The van der Waals surface area contributed by atoms with Gasteiger partial charge >= 0.3 is 0 Å². The molecule has 8 heteroatoms. The molecule has 3 aromatic rings. The van der Waals surface area contributed by atoms with Crippen molar-refractivity contribution in [1.82, 2.24) is 14.9 Å². The van der Waals surface area contributed by atoms with Crippen molar-refractivity contribution < 1.29 is 5.11 Å². The number of hydrogen-bond acceptors (Lipinski definition) is 5. The molecule has 0 amide bonds. The maximum absolute atomic E-state index is 10.6. The van der Waals surface area contributed by atoms with Crippen LogP contribution in [0, 0.1) is 5.41 Å². The summed E-state index contributed by atoms with van der Waals surface area (Å²) in [6.07, 6.45) is 0. The Kier molecular flexibility index (Phi) is 4.75. The van der Waals surface area contributed by atoms with E-state index in [0.29, 0.717) is 11.4 Å². The topological polar surface area (TPSA) is 82.5 Å². The number of aromatic nitrogens is 2. The molecule has 2 aromatic carbocycles. The van der Waals surface area contributed by atoms with E-state index < -0.39 is 0 Å². The summed E-state index contributed by atoms with van der Waals surface area (Å²) in [7, 11) is 2.15. The molecule has 0 saturated carbocycles. The van der Waals surface area contributed by atoms with E-state index in [1.54, 1.807) is 4.90 Å². The highest BCUT2D eigenvalue weighted by Crippen LogP contribution is 2.32. The van der Waals surface area contributed by atoms with Crippen molar-refractivity contribution in [2.45, 2.75) is 0 Å². The van der Waals surface area contributed by atoms with Crippen LogP contribution in [0.2, 0.25) is 0 Å². The number of imidazole rings is 1. The molecule has 0 spiro atoms. The SMILES string of the molecule is CN1CCN(c2ccc3nc(C4=C(O)CN(c5cccc(Br)c5)C4=N)[nH]c3c2)CC1. The van der Waals surface area contributed by atoms with Gasteiger partial charge in [0.15, 0.2) is 0 Å². The molecule has 5 rings (SSSR count). The first-order valence-corrected chi connectivity index (χ1v) is 10.8. The van der Waals surface area contributed by atoms with Crippen LogP contribution < -0.4 is 9.80 Å². The van der Waals surface area contributed by atoms with E-state index in [1.807, 2.05) is 30.3 Å².